The predicted octanol–water partition coefficient (Wildman–Crippen LogP) is 4.96. The van der Waals surface area contributed by atoms with E-state index in [0.29, 0.717) is 45.6 Å². The number of thioether (sulfide) groups is 1. The Labute approximate surface area is 215 Å². The van der Waals surface area contributed by atoms with Gasteiger partial charge in [0.05, 0.1) is 23.3 Å². The molecular weight excluding hydrogens is 497 g/mol. The molecule has 0 bridgehead atoms. The van der Waals surface area contributed by atoms with E-state index in [4.69, 9.17) is 5.73 Å². The lowest BCUT2D eigenvalue weighted by Crippen LogP contribution is -2.38. The number of nitrogens with zero attached hydrogens (tertiary/aromatic N) is 4. The van der Waals surface area contributed by atoms with Gasteiger partial charge in [-0.2, -0.15) is 5.26 Å². The van der Waals surface area contributed by atoms with Crippen molar-refractivity contribution in [3.63, 3.8) is 0 Å². The molecule has 0 saturated heterocycles. The van der Waals surface area contributed by atoms with Crippen LogP contribution in [-0.2, 0) is 4.79 Å². The van der Waals surface area contributed by atoms with Crippen molar-refractivity contribution in [3.05, 3.63) is 94.2 Å². The first-order chi connectivity index (χ1) is 17.5. The van der Waals surface area contributed by atoms with Gasteiger partial charge < -0.3 is 5.73 Å². The molecule has 1 aromatic heterocycles. The first kappa shape index (κ1) is 23.9. The van der Waals surface area contributed by atoms with Crippen LogP contribution in [0.3, 0.4) is 0 Å². The van der Waals surface area contributed by atoms with Crippen molar-refractivity contribution < 1.29 is 14.0 Å². The highest BCUT2D eigenvalue weighted by molar-refractivity contribution is 8.01. The first-order valence-electron chi connectivity index (χ1n) is 11.2. The molecule has 0 amide bonds. The first-order valence-corrected chi connectivity index (χ1v) is 13.0. The van der Waals surface area contributed by atoms with Gasteiger partial charge in [0, 0.05) is 28.8 Å². The molecule has 0 fully saturated rings. The quantitative estimate of drug-likeness (QED) is 0.361. The van der Waals surface area contributed by atoms with Crippen LogP contribution in [0.1, 0.15) is 41.1 Å². The van der Waals surface area contributed by atoms with Gasteiger partial charge in [-0.3, -0.25) is 14.5 Å². The average molecular weight is 518 g/mol. The maximum Gasteiger partial charge on any atom is 0.219 e. The van der Waals surface area contributed by atoms with Crippen LogP contribution >= 0.6 is 23.1 Å². The highest BCUT2D eigenvalue weighted by Crippen LogP contribution is 2.47. The second kappa shape index (κ2) is 10.0. The lowest BCUT2D eigenvalue weighted by atomic mass is 9.75. The standard InChI is InChI=1S/C26H20FN5O2S2/c27-18-10-5-4-9-16(18)22-17(13-28)24(29)32(19-11-6-12-20(33)23(19)22)25-30-31-26(36-25)35-14-21(34)15-7-2-1-3-8-15/h1-5,7-10,22H,6,11-12,14,29H2. The van der Waals surface area contributed by atoms with Gasteiger partial charge in [-0.25, -0.2) is 4.39 Å². The van der Waals surface area contributed by atoms with Crippen LogP contribution in [-0.4, -0.2) is 27.5 Å². The molecule has 3 aromatic rings. The monoisotopic (exact) mass is 517 g/mol. The van der Waals surface area contributed by atoms with Gasteiger partial charge >= 0.3 is 0 Å². The van der Waals surface area contributed by atoms with Gasteiger partial charge in [-0.05, 0) is 18.9 Å². The summed E-state index contributed by atoms with van der Waals surface area (Å²) in [5.41, 5.74) is 8.44. The van der Waals surface area contributed by atoms with Crippen LogP contribution in [0.5, 0.6) is 0 Å². The molecular formula is C26H20FN5O2S2. The summed E-state index contributed by atoms with van der Waals surface area (Å²) in [4.78, 5) is 27.2. The molecule has 7 nitrogen and oxygen atoms in total. The maximum absolute atomic E-state index is 14.8. The number of rotatable bonds is 6. The Morgan fingerprint density at radius 3 is 2.67 bits per heavy atom. The molecule has 0 radical (unpaired) electrons. The fourth-order valence-electron chi connectivity index (χ4n) is 4.51. The van der Waals surface area contributed by atoms with Gasteiger partial charge in [0.15, 0.2) is 15.9 Å². The summed E-state index contributed by atoms with van der Waals surface area (Å²) in [5, 5.41) is 18.9. The number of halogens is 1. The highest BCUT2D eigenvalue weighted by Gasteiger charge is 2.42. The predicted molar refractivity (Wildman–Crippen MR) is 136 cm³/mol. The Kier molecular flexibility index (Phi) is 6.67. The smallest absolute Gasteiger partial charge is 0.219 e. The summed E-state index contributed by atoms with van der Waals surface area (Å²) in [6.07, 6.45) is 1.45. The van der Waals surface area contributed by atoms with Crippen molar-refractivity contribution in [2.75, 3.05) is 10.7 Å². The molecule has 2 N–H and O–H groups in total. The van der Waals surface area contributed by atoms with Crippen LogP contribution in [0.4, 0.5) is 9.52 Å². The number of hydrogen-bond acceptors (Lipinski definition) is 9. The number of carbonyl (C=O) groups excluding carboxylic acids is 2. The zero-order chi connectivity index (χ0) is 25.2. The minimum atomic E-state index is -0.875. The Hall–Kier alpha value is -3.81. The molecule has 2 aromatic carbocycles. The molecule has 180 valence electrons. The number of nitrogens with two attached hydrogens (primary N) is 1. The van der Waals surface area contributed by atoms with E-state index in [1.807, 2.05) is 18.2 Å². The number of anilines is 1. The van der Waals surface area contributed by atoms with Crippen molar-refractivity contribution in [1.29, 1.82) is 5.26 Å². The molecule has 36 heavy (non-hydrogen) atoms. The maximum atomic E-state index is 14.8. The van der Waals surface area contributed by atoms with E-state index in [-0.39, 0.29) is 34.3 Å². The minimum Gasteiger partial charge on any atom is -0.384 e. The Morgan fingerprint density at radius 2 is 1.92 bits per heavy atom. The normalized spacial score (nSPS) is 17.7. The van der Waals surface area contributed by atoms with Crippen LogP contribution in [0, 0.1) is 17.1 Å². The molecule has 1 atom stereocenters. The van der Waals surface area contributed by atoms with E-state index in [0.717, 1.165) is 0 Å². The topological polar surface area (TPSA) is 113 Å². The van der Waals surface area contributed by atoms with Gasteiger partial charge in [-0.15, -0.1) is 10.2 Å². The second-order valence-corrected chi connectivity index (χ2v) is 10.4. The van der Waals surface area contributed by atoms with E-state index >= 15 is 0 Å². The molecule has 10 heteroatoms. The van der Waals surface area contributed by atoms with Crippen molar-refractivity contribution >= 4 is 39.8 Å². The number of carbonyl (C=O) groups is 2. The van der Waals surface area contributed by atoms with Crippen LogP contribution in [0.15, 0.2) is 81.6 Å². The van der Waals surface area contributed by atoms with Crippen molar-refractivity contribution in [2.45, 2.75) is 29.5 Å². The van der Waals surface area contributed by atoms with Gasteiger partial charge in [0.1, 0.15) is 11.6 Å². The molecule has 0 spiro atoms. The Balaban J connectivity index is 1.50. The summed E-state index contributed by atoms with van der Waals surface area (Å²) in [7, 11) is 0. The van der Waals surface area contributed by atoms with E-state index in [1.165, 1.54) is 29.2 Å². The van der Waals surface area contributed by atoms with E-state index in [2.05, 4.69) is 16.3 Å². The van der Waals surface area contributed by atoms with Gasteiger partial charge in [-0.1, -0.05) is 71.6 Å². The van der Waals surface area contributed by atoms with E-state index in [9.17, 15) is 19.2 Å². The number of ketones is 2. The lowest BCUT2D eigenvalue weighted by Gasteiger charge is -2.38. The number of benzene rings is 2. The molecule has 1 aliphatic heterocycles. The van der Waals surface area contributed by atoms with Gasteiger partial charge in [0.2, 0.25) is 5.13 Å². The SMILES string of the molecule is N#CC1=C(N)N(c2nnc(SCC(=O)c3ccccc3)s2)C2=C(C(=O)CCC2)C1c1ccccc1F. The molecule has 1 aliphatic carbocycles. The number of allylic oxidation sites excluding steroid dienone is 3. The fraction of sp³-hybridized carbons (Fsp3) is 0.192. The lowest BCUT2D eigenvalue weighted by molar-refractivity contribution is -0.116. The van der Waals surface area contributed by atoms with Crippen LogP contribution < -0.4 is 10.6 Å². The fourth-order valence-corrected chi connectivity index (χ4v) is 6.29. The number of hydrogen-bond donors (Lipinski definition) is 1. The number of Topliss-reactive ketones (excluding diaryl/α,β-unsaturated/α-hetero) is 2. The summed E-state index contributed by atoms with van der Waals surface area (Å²) < 4.78 is 15.4. The van der Waals surface area contributed by atoms with E-state index < -0.39 is 11.7 Å². The largest absolute Gasteiger partial charge is 0.384 e. The molecule has 5 rings (SSSR count). The third-order valence-corrected chi connectivity index (χ3v) is 8.18. The van der Waals surface area contributed by atoms with Crippen LogP contribution in [0.25, 0.3) is 0 Å². The zero-order valence-electron chi connectivity index (χ0n) is 19.0. The Bertz CT molecular complexity index is 1460. The van der Waals surface area contributed by atoms with Crippen molar-refractivity contribution in [1.82, 2.24) is 10.2 Å². The second-order valence-electron chi connectivity index (χ2n) is 8.27. The van der Waals surface area contributed by atoms with E-state index in [1.54, 1.807) is 35.2 Å². The Morgan fingerprint density at radius 1 is 1.17 bits per heavy atom. The molecule has 0 saturated carbocycles. The summed E-state index contributed by atoms with van der Waals surface area (Å²) >= 11 is 2.48. The molecule has 2 heterocycles. The van der Waals surface area contributed by atoms with Gasteiger partial charge in [0.25, 0.3) is 0 Å². The van der Waals surface area contributed by atoms with Crippen molar-refractivity contribution in [3.8, 4) is 6.07 Å². The summed E-state index contributed by atoms with van der Waals surface area (Å²) in [6, 6.07) is 17.2. The summed E-state index contributed by atoms with van der Waals surface area (Å²) in [6.45, 7) is 0. The average Bonchev–Trinajstić information content (AvgIpc) is 3.36. The van der Waals surface area contributed by atoms with Crippen molar-refractivity contribution in [2.24, 2.45) is 5.73 Å². The third-order valence-electron chi connectivity index (χ3n) is 6.14. The highest BCUT2D eigenvalue weighted by atomic mass is 32.2. The molecule has 1 unspecified atom stereocenters. The zero-order valence-corrected chi connectivity index (χ0v) is 20.6. The number of nitriles is 1. The minimum absolute atomic E-state index is 0.0305. The summed E-state index contributed by atoms with van der Waals surface area (Å²) in [5.74, 6) is -1.25. The third kappa shape index (κ3) is 4.32. The molecule has 2 aliphatic rings. The number of aromatic nitrogens is 2. The van der Waals surface area contributed by atoms with Crippen LogP contribution in [0.2, 0.25) is 0 Å².